The third-order valence-electron chi connectivity index (χ3n) is 4.23. The summed E-state index contributed by atoms with van der Waals surface area (Å²) < 4.78 is 25.1. The minimum atomic E-state index is -2.97. The first-order valence-corrected chi connectivity index (χ1v) is 9.78. The lowest BCUT2D eigenvalue weighted by atomic mass is 9.85. The van der Waals surface area contributed by atoms with E-state index < -0.39 is 9.84 Å². The predicted molar refractivity (Wildman–Crippen MR) is 84.2 cm³/mol. The summed E-state index contributed by atoms with van der Waals surface area (Å²) in [6.07, 6.45) is 5.66. The van der Waals surface area contributed by atoms with Crippen molar-refractivity contribution in [2.75, 3.05) is 16.8 Å². The van der Waals surface area contributed by atoms with Crippen molar-refractivity contribution in [1.29, 1.82) is 0 Å². The first-order chi connectivity index (χ1) is 9.94. The Morgan fingerprint density at radius 3 is 2.71 bits per heavy atom. The number of nitrogens with zero attached hydrogens (tertiary/aromatic N) is 2. The molecule has 21 heavy (non-hydrogen) atoms. The highest BCUT2D eigenvalue weighted by Crippen LogP contribution is 2.27. The molecule has 2 aliphatic rings. The van der Waals surface area contributed by atoms with E-state index in [0.29, 0.717) is 29.0 Å². The van der Waals surface area contributed by atoms with Crippen LogP contribution in [0.2, 0.25) is 0 Å². The standard InChI is InChI=1S/C13H18BrN3O3S/c14-11-6-15-17(7-9-2-1-3-9)13(18)12(11)16-10-4-5-21(19,20)8-10/h6,9-10,16H,1-5,7-8H2. The predicted octanol–water partition coefficient (Wildman–Crippen LogP) is 1.40. The van der Waals surface area contributed by atoms with Crippen LogP contribution in [-0.2, 0) is 16.4 Å². The number of hydrogen-bond donors (Lipinski definition) is 1. The Balaban J connectivity index is 1.80. The second kappa shape index (κ2) is 5.72. The number of anilines is 1. The zero-order valence-corrected chi connectivity index (χ0v) is 14.0. The van der Waals surface area contributed by atoms with Gasteiger partial charge in [-0.3, -0.25) is 4.79 Å². The normalized spacial score (nSPS) is 24.7. The molecule has 0 spiro atoms. The fourth-order valence-electron chi connectivity index (χ4n) is 2.76. The van der Waals surface area contributed by atoms with Gasteiger partial charge in [0.05, 0.1) is 22.2 Å². The number of aromatic nitrogens is 2. The second-order valence-electron chi connectivity index (χ2n) is 5.90. The SMILES string of the molecule is O=c1c(NC2CCS(=O)(=O)C2)c(Br)cnn1CC1CCC1. The minimum Gasteiger partial charge on any atom is -0.376 e. The second-order valence-corrected chi connectivity index (χ2v) is 8.98. The molecular weight excluding hydrogens is 358 g/mol. The Labute approximate surface area is 132 Å². The van der Waals surface area contributed by atoms with Gasteiger partial charge in [-0.15, -0.1) is 0 Å². The lowest BCUT2D eigenvalue weighted by molar-refractivity contribution is 0.262. The molecule has 1 aliphatic carbocycles. The minimum absolute atomic E-state index is 0.0871. The van der Waals surface area contributed by atoms with Gasteiger partial charge >= 0.3 is 0 Å². The van der Waals surface area contributed by atoms with Crippen molar-refractivity contribution in [3.05, 3.63) is 21.0 Å². The van der Waals surface area contributed by atoms with Crippen LogP contribution in [0.3, 0.4) is 0 Å². The Bertz CT molecular complexity index is 697. The van der Waals surface area contributed by atoms with Gasteiger partial charge in [-0.25, -0.2) is 13.1 Å². The van der Waals surface area contributed by atoms with Gasteiger partial charge in [0.15, 0.2) is 9.84 Å². The van der Waals surface area contributed by atoms with Gasteiger partial charge in [0.1, 0.15) is 5.69 Å². The van der Waals surface area contributed by atoms with E-state index in [0.717, 1.165) is 12.8 Å². The van der Waals surface area contributed by atoms with E-state index >= 15 is 0 Å². The van der Waals surface area contributed by atoms with Crippen LogP contribution >= 0.6 is 15.9 Å². The van der Waals surface area contributed by atoms with E-state index in [1.807, 2.05) is 0 Å². The van der Waals surface area contributed by atoms with E-state index in [1.165, 1.54) is 11.1 Å². The molecule has 0 radical (unpaired) electrons. The van der Waals surface area contributed by atoms with Crippen molar-refractivity contribution in [3.63, 3.8) is 0 Å². The fraction of sp³-hybridized carbons (Fsp3) is 0.692. The molecule has 1 aliphatic heterocycles. The van der Waals surface area contributed by atoms with Crippen molar-refractivity contribution in [2.45, 2.75) is 38.3 Å². The van der Waals surface area contributed by atoms with Gasteiger partial charge in [0.2, 0.25) is 0 Å². The molecular formula is C13H18BrN3O3S. The molecule has 1 N–H and O–H groups in total. The van der Waals surface area contributed by atoms with Crippen molar-refractivity contribution in [3.8, 4) is 0 Å². The number of hydrogen-bond acceptors (Lipinski definition) is 5. The zero-order valence-electron chi connectivity index (χ0n) is 11.6. The van der Waals surface area contributed by atoms with E-state index in [2.05, 4.69) is 26.3 Å². The number of halogens is 1. The van der Waals surface area contributed by atoms with E-state index in [9.17, 15) is 13.2 Å². The van der Waals surface area contributed by atoms with Crippen molar-refractivity contribution < 1.29 is 8.42 Å². The van der Waals surface area contributed by atoms with Gasteiger partial charge in [-0.1, -0.05) is 6.42 Å². The highest BCUT2D eigenvalue weighted by atomic mass is 79.9. The van der Waals surface area contributed by atoms with Crippen LogP contribution in [0.4, 0.5) is 5.69 Å². The Morgan fingerprint density at radius 1 is 1.38 bits per heavy atom. The molecule has 0 bridgehead atoms. The quantitative estimate of drug-likeness (QED) is 0.859. The summed E-state index contributed by atoms with van der Waals surface area (Å²) in [5.74, 6) is 0.809. The molecule has 0 amide bonds. The molecule has 0 aromatic carbocycles. The van der Waals surface area contributed by atoms with Crippen LogP contribution in [0, 0.1) is 5.92 Å². The van der Waals surface area contributed by atoms with Gasteiger partial charge in [-0.05, 0) is 41.1 Å². The maximum atomic E-state index is 12.5. The number of sulfone groups is 1. The monoisotopic (exact) mass is 375 g/mol. The lowest BCUT2D eigenvalue weighted by Gasteiger charge is -2.25. The highest BCUT2D eigenvalue weighted by Gasteiger charge is 2.29. The van der Waals surface area contributed by atoms with E-state index in [4.69, 9.17) is 0 Å². The van der Waals surface area contributed by atoms with Gasteiger partial charge < -0.3 is 5.32 Å². The molecule has 1 unspecified atom stereocenters. The average molecular weight is 376 g/mol. The zero-order chi connectivity index (χ0) is 15.0. The maximum Gasteiger partial charge on any atom is 0.291 e. The Kier molecular flexibility index (Phi) is 4.09. The molecule has 1 atom stereocenters. The summed E-state index contributed by atoms with van der Waals surface area (Å²) in [5.41, 5.74) is 0.243. The van der Waals surface area contributed by atoms with Crippen LogP contribution in [0.25, 0.3) is 0 Å². The van der Waals surface area contributed by atoms with Gasteiger partial charge in [-0.2, -0.15) is 5.10 Å². The largest absolute Gasteiger partial charge is 0.376 e. The third-order valence-corrected chi connectivity index (χ3v) is 6.60. The summed E-state index contributed by atoms with van der Waals surface area (Å²) in [4.78, 5) is 12.5. The molecule has 2 heterocycles. The first kappa shape index (κ1) is 15.0. The van der Waals surface area contributed by atoms with Crippen LogP contribution in [0.5, 0.6) is 0 Å². The van der Waals surface area contributed by atoms with Crippen LogP contribution in [0.1, 0.15) is 25.7 Å². The first-order valence-electron chi connectivity index (χ1n) is 7.17. The number of nitrogens with one attached hydrogen (secondary N) is 1. The highest BCUT2D eigenvalue weighted by molar-refractivity contribution is 9.10. The molecule has 1 saturated carbocycles. The molecule has 3 rings (SSSR count). The molecule has 1 saturated heterocycles. The molecule has 116 valence electrons. The van der Waals surface area contributed by atoms with Crippen LogP contribution in [-0.4, -0.2) is 35.7 Å². The average Bonchev–Trinajstić information content (AvgIpc) is 2.71. The van der Waals surface area contributed by atoms with Crippen LogP contribution < -0.4 is 10.9 Å². The van der Waals surface area contributed by atoms with E-state index in [-0.39, 0.29) is 23.1 Å². The summed E-state index contributed by atoms with van der Waals surface area (Å²) in [6, 6.07) is -0.196. The van der Waals surface area contributed by atoms with Crippen LogP contribution in [0.15, 0.2) is 15.5 Å². The Morgan fingerprint density at radius 2 is 2.14 bits per heavy atom. The van der Waals surface area contributed by atoms with Gasteiger partial charge in [0, 0.05) is 12.6 Å². The summed E-state index contributed by atoms with van der Waals surface area (Å²) in [6.45, 7) is 0.643. The summed E-state index contributed by atoms with van der Waals surface area (Å²) in [7, 11) is -2.97. The number of rotatable bonds is 4. The Hall–Kier alpha value is -0.890. The molecule has 1 aromatic rings. The van der Waals surface area contributed by atoms with Crippen molar-refractivity contribution in [1.82, 2.24) is 9.78 Å². The molecule has 2 fully saturated rings. The smallest absolute Gasteiger partial charge is 0.291 e. The maximum absolute atomic E-state index is 12.5. The summed E-state index contributed by atoms with van der Waals surface area (Å²) in [5, 5.41) is 7.25. The topological polar surface area (TPSA) is 81.1 Å². The van der Waals surface area contributed by atoms with E-state index in [1.54, 1.807) is 6.20 Å². The molecule has 6 nitrogen and oxygen atoms in total. The fourth-order valence-corrected chi connectivity index (χ4v) is 4.81. The lowest BCUT2D eigenvalue weighted by Crippen LogP contribution is -2.33. The molecule has 8 heteroatoms. The molecule has 1 aromatic heterocycles. The third kappa shape index (κ3) is 3.31. The van der Waals surface area contributed by atoms with Crippen molar-refractivity contribution in [2.24, 2.45) is 5.92 Å². The summed E-state index contributed by atoms with van der Waals surface area (Å²) >= 11 is 3.33. The van der Waals surface area contributed by atoms with Gasteiger partial charge in [0.25, 0.3) is 5.56 Å². The van der Waals surface area contributed by atoms with Crippen molar-refractivity contribution >= 4 is 31.5 Å².